The van der Waals surface area contributed by atoms with E-state index in [-0.39, 0.29) is 0 Å². The van der Waals surface area contributed by atoms with Crippen molar-refractivity contribution in [1.82, 2.24) is 5.32 Å². The molecule has 0 radical (unpaired) electrons. The molecule has 0 amide bonds. The van der Waals surface area contributed by atoms with Crippen LogP contribution in [0.1, 0.15) is 33.1 Å². The van der Waals surface area contributed by atoms with Crippen molar-refractivity contribution in [3.05, 3.63) is 28.7 Å². The topological polar surface area (TPSA) is 46.2 Å². The van der Waals surface area contributed by atoms with Gasteiger partial charge in [0.1, 0.15) is 0 Å². The van der Waals surface area contributed by atoms with Crippen LogP contribution in [-0.2, 0) is 9.84 Å². The van der Waals surface area contributed by atoms with Gasteiger partial charge >= 0.3 is 0 Å². The van der Waals surface area contributed by atoms with Crippen molar-refractivity contribution in [3.8, 4) is 0 Å². The van der Waals surface area contributed by atoms with Crippen LogP contribution in [0.5, 0.6) is 0 Å². The average Bonchev–Trinajstić information content (AvgIpc) is 2.38. The monoisotopic (exact) mass is 347 g/mol. The number of benzene rings is 1. The molecule has 1 aromatic carbocycles. The number of unbranched alkanes of at least 4 members (excludes halogenated alkanes) is 2. The van der Waals surface area contributed by atoms with E-state index in [4.69, 9.17) is 0 Å². The second-order valence-electron chi connectivity index (χ2n) is 4.72. The zero-order valence-electron chi connectivity index (χ0n) is 11.5. The molecule has 108 valence electrons. The molecular weight excluding hydrogens is 326 g/mol. The molecule has 5 heteroatoms. The minimum atomic E-state index is -3.23. The first kappa shape index (κ1) is 16.7. The Morgan fingerprint density at radius 1 is 1.21 bits per heavy atom. The Morgan fingerprint density at radius 3 is 2.42 bits per heavy atom. The van der Waals surface area contributed by atoms with Gasteiger partial charge in [-0.3, -0.25) is 0 Å². The number of hydrogen-bond donors (Lipinski definition) is 1. The fraction of sp³-hybridized carbons (Fsp3) is 0.571. The maximum Gasteiger partial charge on any atom is 0.182 e. The molecule has 0 saturated carbocycles. The van der Waals surface area contributed by atoms with Gasteiger partial charge in [0, 0.05) is 11.0 Å². The van der Waals surface area contributed by atoms with Crippen molar-refractivity contribution in [2.24, 2.45) is 0 Å². The summed E-state index contributed by atoms with van der Waals surface area (Å²) in [5.74, 6) is 0. The second-order valence-corrected chi connectivity index (χ2v) is 8.00. The fourth-order valence-electron chi connectivity index (χ4n) is 1.77. The molecular formula is C14H22BrNO2S. The van der Waals surface area contributed by atoms with Crippen molar-refractivity contribution in [3.63, 3.8) is 0 Å². The lowest BCUT2D eigenvalue weighted by Gasteiger charge is -2.14. The van der Waals surface area contributed by atoms with Crippen LogP contribution in [0.15, 0.2) is 33.6 Å². The van der Waals surface area contributed by atoms with E-state index in [2.05, 4.69) is 28.2 Å². The van der Waals surface area contributed by atoms with E-state index >= 15 is 0 Å². The van der Waals surface area contributed by atoms with Crippen LogP contribution < -0.4 is 5.32 Å². The van der Waals surface area contributed by atoms with Crippen LogP contribution in [0, 0.1) is 0 Å². The smallest absolute Gasteiger partial charge is 0.182 e. The van der Waals surface area contributed by atoms with Crippen LogP contribution in [0.2, 0.25) is 0 Å². The van der Waals surface area contributed by atoms with Gasteiger partial charge in [-0.25, -0.2) is 8.42 Å². The van der Waals surface area contributed by atoms with E-state index in [0.29, 0.717) is 11.4 Å². The zero-order chi connectivity index (χ0) is 14.3. The second kappa shape index (κ2) is 8.02. The molecule has 0 aliphatic heterocycles. The molecule has 1 unspecified atom stereocenters. The van der Waals surface area contributed by atoms with E-state index in [1.807, 2.05) is 0 Å². The number of sulfone groups is 1. The molecule has 0 aliphatic rings. The minimum Gasteiger partial charge on any atom is -0.315 e. The van der Waals surface area contributed by atoms with Crippen LogP contribution in [0.3, 0.4) is 0 Å². The Hall–Kier alpha value is -0.390. The van der Waals surface area contributed by atoms with Crippen LogP contribution >= 0.6 is 15.9 Å². The molecule has 0 aromatic heterocycles. The van der Waals surface area contributed by atoms with Crippen LogP contribution in [0.25, 0.3) is 0 Å². The number of halogens is 1. The first-order chi connectivity index (χ1) is 8.98. The molecule has 0 heterocycles. The van der Waals surface area contributed by atoms with Gasteiger partial charge in [0.25, 0.3) is 0 Å². The predicted octanol–water partition coefficient (Wildman–Crippen LogP) is 3.39. The maximum atomic E-state index is 12.3. The molecule has 0 fully saturated rings. The van der Waals surface area contributed by atoms with Crippen molar-refractivity contribution in [2.75, 3.05) is 13.1 Å². The summed E-state index contributed by atoms with van der Waals surface area (Å²) in [4.78, 5) is 0.388. The van der Waals surface area contributed by atoms with Crippen molar-refractivity contribution in [1.29, 1.82) is 0 Å². The van der Waals surface area contributed by atoms with Crippen molar-refractivity contribution < 1.29 is 8.42 Å². The van der Waals surface area contributed by atoms with Crippen molar-refractivity contribution >= 4 is 25.8 Å². The molecule has 0 bridgehead atoms. The van der Waals surface area contributed by atoms with Gasteiger partial charge in [0.05, 0.1) is 10.1 Å². The van der Waals surface area contributed by atoms with Gasteiger partial charge in [-0.15, -0.1) is 0 Å². The predicted molar refractivity (Wildman–Crippen MR) is 83.2 cm³/mol. The highest BCUT2D eigenvalue weighted by Crippen LogP contribution is 2.18. The third kappa shape index (κ3) is 5.24. The highest BCUT2D eigenvalue weighted by Gasteiger charge is 2.22. The minimum absolute atomic E-state index is 0.388. The Labute approximate surface area is 124 Å². The third-order valence-corrected chi connectivity index (χ3v) is 5.74. The van der Waals surface area contributed by atoms with Gasteiger partial charge in [-0.05, 0) is 44.2 Å². The molecule has 1 aromatic rings. The summed E-state index contributed by atoms with van der Waals surface area (Å²) in [5.41, 5.74) is 0. The lowest BCUT2D eigenvalue weighted by molar-refractivity contribution is 0.564. The average molecular weight is 348 g/mol. The summed E-state index contributed by atoms with van der Waals surface area (Å²) >= 11 is 3.31. The Balaban J connectivity index is 2.54. The maximum absolute atomic E-state index is 12.3. The van der Waals surface area contributed by atoms with Crippen LogP contribution in [-0.4, -0.2) is 26.8 Å². The SMILES string of the molecule is CCCCCNCC(C)S(=O)(=O)c1ccc(Br)cc1. The first-order valence-electron chi connectivity index (χ1n) is 6.68. The lowest BCUT2D eigenvalue weighted by atomic mass is 10.2. The van der Waals surface area contributed by atoms with E-state index in [0.717, 1.165) is 17.4 Å². The first-order valence-corrected chi connectivity index (χ1v) is 9.02. The molecule has 0 aliphatic carbocycles. The lowest BCUT2D eigenvalue weighted by Crippen LogP contribution is -2.31. The van der Waals surface area contributed by atoms with Gasteiger partial charge in [0.2, 0.25) is 0 Å². The molecule has 1 N–H and O–H groups in total. The summed E-state index contributed by atoms with van der Waals surface area (Å²) in [6.07, 6.45) is 3.46. The summed E-state index contributed by atoms with van der Waals surface area (Å²) in [6, 6.07) is 6.81. The quantitative estimate of drug-likeness (QED) is 0.733. The number of nitrogens with one attached hydrogen (secondary N) is 1. The number of rotatable bonds is 8. The standard InChI is InChI=1S/C14H22BrNO2S/c1-3-4-5-10-16-11-12(2)19(17,18)14-8-6-13(15)7-9-14/h6-9,12,16H,3-5,10-11H2,1-2H3. The van der Waals surface area contributed by atoms with Gasteiger partial charge in [-0.2, -0.15) is 0 Å². The summed E-state index contributed by atoms with van der Waals surface area (Å²) < 4.78 is 25.5. The third-order valence-electron chi connectivity index (χ3n) is 3.06. The van der Waals surface area contributed by atoms with Gasteiger partial charge in [0.15, 0.2) is 9.84 Å². The zero-order valence-corrected chi connectivity index (χ0v) is 13.9. The van der Waals surface area contributed by atoms with Gasteiger partial charge in [-0.1, -0.05) is 35.7 Å². The largest absolute Gasteiger partial charge is 0.315 e. The highest BCUT2D eigenvalue weighted by molar-refractivity contribution is 9.10. The van der Waals surface area contributed by atoms with E-state index < -0.39 is 15.1 Å². The van der Waals surface area contributed by atoms with Gasteiger partial charge < -0.3 is 5.32 Å². The van der Waals surface area contributed by atoms with E-state index in [1.54, 1.807) is 31.2 Å². The Kier molecular flexibility index (Phi) is 7.04. The Morgan fingerprint density at radius 2 is 1.84 bits per heavy atom. The molecule has 0 spiro atoms. The normalized spacial score (nSPS) is 13.4. The number of hydrogen-bond acceptors (Lipinski definition) is 3. The fourth-order valence-corrected chi connectivity index (χ4v) is 3.35. The molecule has 0 saturated heterocycles. The molecule has 19 heavy (non-hydrogen) atoms. The highest BCUT2D eigenvalue weighted by atomic mass is 79.9. The van der Waals surface area contributed by atoms with E-state index in [9.17, 15) is 8.42 Å². The molecule has 1 rings (SSSR count). The summed E-state index contributed by atoms with van der Waals surface area (Å²) in [6.45, 7) is 5.29. The molecule has 3 nitrogen and oxygen atoms in total. The van der Waals surface area contributed by atoms with Crippen LogP contribution in [0.4, 0.5) is 0 Å². The summed E-state index contributed by atoms with van der Waals surface area (Å²) in [5, 5.41) is 2.81. The Bertz CT molecular complexity index is 471. The molecule has 1 atom stereocenters. The van der Waals surface area contributed by atoms with E-state index in [1.165, 1.54) is 12.8 Å². The van der Waals surface area contributed by atoms with Crippen molar-refractivity contribution in [2.45, 2.75) is 43.3 Å². The summed E-state index contributed by atoms with van der Waals surface area (Å²) in [7, 11) is -3.23.